The minimum absolute atomic E-state index is 0.0261. The number of aromatic nitrogens is 2. The van der Waals surface area contributed by atoms with Crippen LogP contribution in [-0.4, -0.2) is 35.2 Å². The van der Waals surface area contributed by atoms with Crippen LogP contribution < -0.4 is 10.5 Å². The number of carbonyl (C=O) groups excluding carboxylic acids is 1. The van der Waals surface area contributed by atoms with Gasteiger partial charge in [-0.3, -0.25) is 14.2 Å². The Hall–Kier alpha value is -2.88. The maximum Gasteiger partial charge on any atom is 0.335 e. The summed E-state index contributed by atoms with van der Waals surface area (Å²) in [6, 6.07) is 3.69. The van der Waals surface area contributed by atoms with Crippen molar-refractivity contribution in [1.82, 2.24) is 9.78 Å². The Bertz CT molecular complexity index is 872. The first-order valence-corrected chi connectivity index (χ1v) is 7.85. The lowest BCUT2D eigenvalue weighted by atomic mass is 10.1. The van der Waals surface area contributed by atoms with Gasteiger partial charge in [-0.1, -0.05) is 0 Å². The number of sulfonamides is 1. The predicted octanol–water partition coefficient (Wildman–Crippen LogP) is 0.176. The van der Waals surface area contributed by atoms with E-state index in [1.54, 1.807) is 0 Å². The van der Waals surface area contributed by atoms with Gasteiger partial charge in [0.25, 0.3) is 10.0 Å². The summed E-state index contributed by atoms with van der Waals surface area (Å²) < 4.78 is 28.0. The summed E-state index contributed by atoms with van der Waals surface area (Å²) in [4.78, 5) is 21.7. The number of nitrogens with two attached hydrogens (primary N) is 1. The molecule has 0 fully saturated rings. The summed E-state index contributed by atoms with van der Waals surface area (Å²) in [5.74, 6) is -1.74. The van der Waals surface area contributed by atoms with Gasteiger partial charge in [0, 0.05) is 6.20 Å². The Morgan fingerprint density at radius 3 is 2.65 bits per heavy atom. The molecular formula is C13H14N4O5S. The van der Waals surface area contributed by atoms with Gasteiger partial charge in [-0.15, -0.1) is 0 Å². The number of nitrogens with zero attached hydrogens (tertiary/aromatic N) is 2. The second-order valence-corrected chi connectivity index (χ2v) is 6.46. The van der Waals surface area contributed by atoms with E-state index < -0.39 is 21.9 Å². The molecule has 122 valence electrons. The number of carbonyl (C=O) groups is 2. The number of carboxylic acid groups (broad SMARTS) is 1. The molecule has 0 aliphatic carbocycles. The number of hydrogen-bond acceptors (Lipinski definition) is 5. The zero-order valence-corrected chi connectivity index (χ0v) is 12.9. The van der Waals surface area contributed by atoms with Crippen molar-refractivity contribution in [2.75, 3.05) is 4.72 Å². The molecule has 9 nitrogen and oxygen atoms in total. The standard InChI is InChI=1S/C13H14N4O5S/c1-8-4-10(2-3-11(8)13(19)20)23(21,22)16-9-5-15-17(6-9)7-12(14)18/h2-6,16H,7H2,1H3,(H2,14,18)(H,19,20). The van der Waals surface area contributed by atoms with Crippen LogP contribution in [0, 0.1) is 6.92 Å². The summed E-state index contributed by atoms with van der Waals surface area (Å²) in [5, 5.41) is 12.8. The van der Waals surface area contributed by atoms with Gasteiger partial charge in [0.2, 0.25) is 5.91 Å². The maximum absolute atomic E-state index is 12.3. The van der Waals surface area contributed by atoms with Crippen molar-refractivity contribution >= 4 is 27.6 Å². The van der Waals surface area contributed by atoms with Crippen molar-refractivity contribution < 1.29 is 23.1 Å². The normalized spacial score (nSPS) is 11.2. The maximum atomic E-state index is 12.3. The fraction of sp³-hybridized carbons (Fsp3) is 0.154. The average molecular weight is 338 g/mol. The highest BCUT2D eigenvalue weighted by Gasteiger charge is 2.18. The number of hydrogen-bond donors (Lipinski definition) is 3. The van der Waals surface area contributed by atoms with Crippen molar-refractivity contribution in [3.63, 3.8) is 0 Å². The predicted molar refractivity (Wildman–Crippen MR) is 80.4 cm³/mol. The van der Waals surface area contributed by atoms with E-state index in [9.17, 15) is 18.0 Å². The van der Waals surface area contributed by atoms with Crippen LogP contribution in [0.1, 0.15) is 15.9 Å². The zero-order valence-electron chi connectivity index (χ0n) is 12.1. The topological polar surface area (TPSA) is 144 Å². The number of aromatic carboxylic acids is 1. The Kier molecular flexibility index (Phi) is 4.36. The monoisotopic (exact) mass is 338 g/mol. The highest BCUT2D eigenvalue weighted by molar-refractivity contribution is 7.92. The van der Waals surface area contributed by atoms with Gasteiger partial charge in [0.15, 0.2) is 0 Å². The lowest BCUT2D eigenvalue weighted by Crippen LogP contribution is -2.18. The number of amides is 1. The van der Waals surface area contributed by atoms with Crippen molar-refractivity contribution in [1.29, 1.82) is 0 Å². The minimum Gasteiger partial charge on any atom is -0.478 e. The number of rotatable bonds is 6. The van der Waals surface area contributed by atoms with Gasteiger partial charge >= 0.3 is 5.97 Å². The third-order valence-electron chi connectivity index (χ3n) is 2.94. The van der Waals surface area contributed by atoms with Crippen LogP contribution >= 0.6 is 0 Å². The Morgan fingerprint density at radius 2 is 2.09 bits per heavy atom. The van der Waals surface area contributed by atoms with Gasteiger partial charge in [-0.25, -0.2) is 13.2 Å². The molecule has 4 N–H and O–H groups in total. The van der Waals surface area contributed by atoms with E-state index in [1.807, 2.05) is 0 Å². The molecule has 0 atom stereocenters. The molecule has 1 heterocycles. The van der Waals surface area contributed by atoms with E-state index in [-0.39, 0.29) is 22.7 Å². The number of primary amides is 1. The van der Waals surface area contributed by atoms with Crippen LogP contribution in [-0.2, 0) is 21.4 Å². The number of nitrogens with one attached hydrogen (secondary N) is 1. The molecule has 0 saturated heterocycles. The van der Waals surface area contributed by atoms with Gasteiger partial charge in [-0.2, -0.15) is 5.10 Å². The quantitative estimate of drug-likeness (QED) is 0.685. The molecule has 1 aromatic carbocycles. The number of aryl methyl sites for hydroxylation is 1. The van der Waals surface area contributed by atoms with Gasteiger partial charge in [-0.05, 0) is 30.7 Å². The first-order chi connectivity index (χ1) is 10.7. The summed E-state index contributed by atoms with van der Waals surface area (Å²) in [6.07, 6.45) is 2.56. The number of anilines is 1. The first-order valence-electron chi connectivity index (χ1n) is 6.36. The van der Waals surface area contributed by atoms with Crippen LogP contribution in [0.3, 0.4) is 0 Å². The Labute approximate surface area is 131 Å². The third-order valence-corrected chi connectivity index (χ3v) is 4.32. The fourth-order valence-corrected chi connectivity index (χ4v) is 3.03. The van der Waals surface area contributed by atoms with Crippen LogP contribution in [0.25, 0.3) is 0 Å². The van der Waals surface area contributed by atoms with E-state index in [2.05, 4.69) is 9.82 Å². The van der Waals surface area contributed by atoms with Crippen molar-refractivity contribution in [2.45, 2.75) is 18.4 Å². The second-order valence-electron chi connectivity index (χ2n) is 4.78. The highest BCUT2D eigenvalue weighted by Crippen LogP contribution is 2.19. The molecule has 1 amide bonds. The first kappa shape index (κ1) is 16.5. The molecule has 10 heteroatoms. The smallest absolute Gasteiger partial charge is 0.335 e. The van der Waals surface area contributed by atoms with E-state index in [1.165, 1.54) is 42.2 Å². The SMILES string of the molecule is Cc1cc(S(=O)(=O)Nc2cnn(CC(N)=O)c2)ccc1C(=O)O. The molecule has 2 rings (SSSR count). The summed E-state index contributed by atoms with van der Waals surface area (Å²) in [7, 11) is -3.91. The van der Waals surface area contributed by atoms with Crippen LogP contribution in [0.5, 0.6) is 0 Å². The van der Waals surface area contributed by atoms with E-state index >= 15 is 0 Å². The lowest BCUT2D eigenvalue weighted by Gasteiger charge is -2.08. The van der Waals surface area contributed by atoms with E-state index in [4.69, 9.17) is 10.8 Å². The summed E-state index contributed by atoms with van der Waals surface area (Å²) >= 11 is 0. The molecule has 2 aromatic rings. The summed E-state index contributed by atoms with van der Waals surface area (Å²) in [6.45, 7) is 1.33. The van der Waals surface area contributed by atoms with E-state index in [0.717, 1.165) is 0 Å². The molecule has 23 heavy (non-hydrogen) atoms. The van der Waals surface area contributed by atoms with Gasteiger partial charge < -0.3 is 10.8 Å². The average Bonchev–Trinajstić information content (AvgIpc) is 2.83. The molecule has 0 spiro atoms. The van der Waals surface area contributed by atoms with Crippen LogP contribution in [0.15, 0.2) is 35.5 Å². The number of carboxylic acids is 1. The van der Waals surface area contributed by atoms with Gasteiger partial charge in [0.05, 0.1) is 22.3 Å². The Morgan fingerprint density at radius 1 is 1.39 bits per heavy atom. The van der Waals surface area contributed by atoms with Crippen molar-refractivity contribution in [3.8, 4) is 0 Å². The molecule has 0 bridgehead atoms. The largest absolute Gasteiger partial charge is 0.478 e. The fourth-order valence-electron chi connectivity index (χ4n) is 1.92. The summed E-state index contributed by atoms with van der Waals surface area (Å²) in [5.41, 5.74) is 5.53. The molecule has 1 aromatic heterocycles. The van der Waals surface area contributed by atoms with Crippen molar-refractivity contribution in [3.05, 3.63) is 41.7 Å². The molecule has 0 aliphatic heterocycles. The number of benzene rings is 1. The molecule has 0 saturated carbocycles. The van der Waals surface area contributed by atoms with Crippen LogP contribution in [0.2, 0.25) is 0 Å². The highest BCUT2D eigenvalue weighted by atomic mass is 32.2. The molecule has 0 aliphatic rings. The van der Waals surface area contributed by atoms with Gasteiger partial charge in [0.1, 0.15) is 6.54 Å². The Balaban J connectivity index is 2.25. The minimum atomic E-state index is -3.91. The van der Waals surface area contributed by atoms with E-state index in [0.29, 0.717) is 5.56 Å². The van der Waals surface area contributed by atoms with Crippen molar-refractivity contribution in [2.24, 2.45) is 5.73 Å². The zero-order chi connectivity index (χ0) is 17.2. The second kappa shape index (κ2) is 6.08. The lowest BCUT2D eigenvalue weighted by molar-refractivity contribution is -0.118. The van der Waals surface area contributed by atoms with Crippen LogP contribution in [0.4, 0.5) is 5.69 Å². The third kappa shape index (κ3) is 3.86. The molecule has 0 unspecified atom stereocenters. The molecule has 0 radical (unpaired) electrons. The molecular weight excluding hydrogens is 324 g/mol.